The van der Waals surface area contributed by atoms with Crippen molar-refractivity contribution in [3.63, 3.8) is 0 Å². The van der Waals surface area contributed by atoms with Crippen molar-refractivity contribution in [2.75, 3.05) is 0 Å². The van der Waals surface area contributed by atoms with Crippen LogP contribution in [0.1, 0.15) is 40.1 Å². The quantitative estimate of drug-likeness (QED) is 0.937. The first-order chi connectivity index (χ1) is 10.3. The van der Waals surface area contributed by atoms with E-state index < -0.39 is 0 Å². The first-order valence-corrected chi connectivity index (χ1v) is 7.47. The molecule has 1 aliphatic heterocycles. The van der Waals surface area contributed by atoms with Crippen LogP contribution in [0.2, 0.25) is 0 Å². The summed E-state index contributed by atoms with van der Waals surface area (Å²) in [5.74, 6) is 0.960. The van der Waals surface area contributed by atoms with Crippen LogP contribution in [0.25, 0.3) is 0 Å². The van der Waals surface area contributed by atoms with E-state index in [1.807, 2.05) is 29.2 Å². The fraction of sp³-hybridized carbons (Fsp3) is 0.353. The van der Waals surface area contributed by atoms with Gasteiger partial charge in [0.05, 0.1) is 12.8 Å². The Morgan fingerprint density at radius 1 is 1.24 bits per heavy atom. The molecule has 1 aliphatic carbocycles. The number of carbonyl (C=O) groups excluding carboxylic acids is 1. The van der Waals surface area contributed by atoms with Crippen LogP contribution in [-0.2, 0) is 19.6 Å². The number of amides is 1. The van der Waals surface area contributed by atoms with E-state index in [0.29, 0.717) is 12.6 Å². The van der Waals surface area contributed by atoms with Crippen LogP contribution < -0.4 is 5.32 Å². The standard InChI is InChI=1S/C17H18N2O2/c20-17(12-3-4-13-9-18-10-14(13)8-12)19(15-5-6-15)11-16-2-1-7-21-16/h1-4,7-8,15,18H,5-6,9-11H2. The van der Waals surface area contributed by atoms with Gasteiger partial charge < -0.3 is 14.6 Å². The third kappa shape index (κ3) is 2.47. The third-order valence-corrected chi connectivity index (χ3v) is 4.24. The topological polar surface area (TPSA) is 45.5 Å². The summed E-state index contributed by atoms with van der Waals surface area (Å²) in [6, 6.07) is 10.2. The molecule has 21 heavy (non-hydrogen) atoms. The van der Waals surface area contributed by atoms with Gasteiger partial charge in [-0.05, 0) is 48.2 Å². The molecule has 2 aliphatic rings. The van der Waals surface area contributed by atoms with Gasteiger partial charge in [-0.3, -0.25) is 4.79 Å². The smallest absolute Gasteiger partial charge is 0.254 e. The highest BCUT2D eigenvalue weighted by atomic mass is 16.3. The number of hydrogen-bond donors (Lipinski definition) is 1. The zero-order valence-electron chi connectivity index (χ0n) is 11.8. The Kier molecular flexibility index (Phi) is 3.04. The zero-order chi connectivity index (χ0) is 14.2. The maximum Gasteiger partial charge on any atom is 0.254 e. The molecule has 0 spiro atoms. The van der Waals surface area contributed by atoms with Crippen molar-refractivity contribution in [2.24, 2.45) is 0 Å². The van der Waals surface area contributed by atoms with Crippen molar-refractivity contribution < 1.29 is 9.21 Å². The molecule has 0 atom stereocenters. The van der Waals surface area contributed by atoms with Gasteiger partial charge in [0, 0.05) is 24.7 Å². The molecule has 1 fully saturated rings. The summed E-state index contributed by atoms with van der Waals surface area (Å²) in [7, 11) is 0. The van der Waals surface area contributed by atoms with Crippen LogP contribution in [0.5, 0.6) is 0 Å². The largest absolute Gasteiger partial charge is 0.467 e. The number of nitrogens with zero attached hydrogens (tertiary/aromatic N) is 1. The number of nitrogens with one attached hydrogen (secondary N) is 1. The minimum atomic E-state index is 0.114. The molecule has 1 amide bonds. The molecule has 1 N–H and O–H groups in total. The highest BCUT2D eigenvalue weighted by molar-refractivity contribution is 5.95. The highest BCUT2D eigenvalue weighted by Gasteiger charge is 2.33. The molecule has 0 bridgehead atoms. The molecular weight excluding hydrogens is 264 g/mol. The Balaban J connectivity index is 1.59. The summed E-state index contributed by atoms with van der Waals surface area (Å²) in [6.45, 7) is 2.33. The van der Waals surface area contributed by atoms with E-state index in [9.17, 15) is 4.79 Å². The Bertz CT molecular complexity index is 659. The highest BCUT2D eigenvalue weighted by Crippen LogP contribution is 2.30. The molecule has 0 saturated heterocycles. The van der Waals surface area contributed by atoms with Crippen molar-refractivity contribution in [2.45, 2.75) is 38.5 Å². The van der Waals surface area contributed by atoms with Crippen molar-refractivity contribution in [3.05, 3.63) is 59.0 Å². The predicted molar refractivity (Wildman–Crippen MR) is 78.6 cm³/mol. The molecular formula is C17H18N2O2. The van der Waals surface area contributed by atoms with Gasteiger partial charge in [-0.25, -0.2) is 0 Å². The predicted octanol–water partition coefficient (Wildman–Crippen LogP) is 2.69. The van der Waals surface area contributed by atoms with Crippen molar-refractivity contribution >= 4 is 5.91 Å². The molecule has 4 nitrogen and oxygen atoms in total. The Hall–Kier alpha value is -2.07. The van der Waals surface area contributed by atoms with Crippen molar-refractivity contribution in [1.29, 1.82) is 0 Å². The summed E-state index contributed by atoms with van der Waals surface area (Å²) in [6.07, 6.45) is 3.85. The number of carbonyl (C=O) groups is 1. The Morgan fingerprint density at radius 2 is 2.10 bits per heavy atom. The van der Waals surface area contributed by atoms with E-state index in [-0.39, 0.29) is 5.91 Å². The maximum absolute atomic E-state index is 12.8. The summed E-state index contributed by atoms with van der Waals surface area (Å²) in [5, 5.41) is 3.31. The molecule has 1 saturated carbocycles. The Morgan fingerprint density at radius 3 is 2.86 bits per heavy atom. The maximum atomic E-state index is 12.8. The van der Waals surface area contributed by atoms with Crippen molar-refractivity contribution in [3.8, 4) is 0 Å². The number of fused-ring (bicyclic) bond motifs is 1. The number of furan rings is 1. The van der Waals surface area contributed by atoms with E-state index in [0.717, 1.165) is 37.3 Å². The van der Waals surface area contributed by atoms with Gasteiger partial charge in [0.15, 0.2) is 0 Å². The van der Waals surface area contributed by atoms with Crippen LogP contribution in [0.3, 0.4) is 0 Å². The molecule has 2 heterocycles. The van der Waals surface area contributed by atoms with Gasteiger partial charge in [0.2, 0.25) is 0 Å². The lowest BCUT2D eigenvalue weighted by atomic mass is 10.1. The molecule has 108 valence electrons. The fourth-order valence-electron chi connectivity index (χ4n) is 2.92. The number of hydrogen-bond acceptors (Lipinski definition) is 3. The summed E-state index contributed by atoms with van der Waals surface area (Å²) in [4.78, 5) is 14.8. The minimum absolute atomic E-state index is 0.114. The Labute approximate surface area is 123 Å². The molecule has 2 aromatic rings. The summed E-state index contributed by atoms with van der Waals surface area (Å²) >= 11 is 0. The van der Waals surface area contributed by atoms with Gasteiger partial charge in [-0.1, -0.05) is 6.07 Å². The molecule has 0 radical (unpaired) electrons. The van der Waals surface area contributed by atoms with E-state index in [1.165, 1.54) is 11.1 Å². The molecule has 4 rings (SSSR count). The average molecular weight is 282 g/mol. The first kappa shape index (κ1) is 12.7. The summed E-state index contributed by atoms with van der Waals surface area (Å²) < 4.78 is 5.40. The van der Waals surface area contributed by atoms with E-state index in [1.54, 1.807) is 6.26 Å². The second-order valence-corrected chi connectivity index (χ2v) is 5.83. The van der Waals surface area contributed by atoms with Gasteiger partial charge in [0.25, 0.3) is 5.91 Å². The lowest BCUT2D eigenvalue weighted by Gasteiger charge is -2.21. The SMILES string of the molecule is O=C(c1ccc2c(c1)CNC2)N(Cc1ccco1)C1CC1. The van der Waals surface area contributed by atoms with E-state index >= 15 is 0 Å². The molecule has 4 heteroatoms. The molecule has 1 aromatic carbocycles. The molecule has 1 aromatic heterocycles. The minimum Gasteiger partial charge on any atom is -0.467 e. The number of rotatable bonds is 4. The van der Waals surface area contributed by atoms with E-state index in [4.69, 9.17) is 4.42 Å². The van der Waals surface area contributed by atoms with Crippen LogP contribution in [0.15, 0.2) is 41.0 Å². The average Bonchev–Trinajstić information content (AvgIpc) is 3.02. The third-order valence-electron chi connectivity index (χ3n) is 4.24. The van der Waals surface area contributed by atoms with Crippen LogP contribution in [-0.4, -0.2) is 16.8 Å². The van der Waals surface area contributed by atoms with Crippen LogP contribution >= 0.6 is 0 Å². The van der Waals surface area contributed by atoms with Gasteiger partial charge in [-0.2, -0.15) is 0 Å². The number of benzene rings is 1. The fourth-order valence-corrected chi connectivity index (χ4v) is 2.92. The van der Waals surface area contributed by atoms with Crippen LogP contribution in [0, 0.1) is 0 Å². The van der Waals surface area contributed by atoms with Crippen LogP contribution in [0.4, 0.5) is 0 Å². The summed E-state index contributed by atoms with van der Waals surface area (Å²) in [5.41, 5.74) is 3.33. The normalized spacial score (nSPS) is 16.8. The van der Waals surface area contributed by atoms with Gasteiger partial charge >= 0.3 is 0 Å². The van der Waals surface area contributed by atoms with Gasteiger partial charge in [0.1, 0.15) is 5.76 Å². The first-order valence-electron chi connectivity index (χ1n) is 7.47. The molecule has 0 unspecified atom stereocenters. The monoisotopic (exact) mass is 282 g/mol. The second-order valence-electron chi connectivity index (χ2n) is 5.83. The lowest BCUT2D eigenvalue weighted by molar-refractivity contribution is 0.0717. The zero-order valence-corrected chi connectivity index (χ0v) is 11.8. The second kappa shape index (κ2) is 5.04. The lowest BCUT2D eigenvalue weighted by Crippen LogP contribution is -2.32. The van der Waals surface area contributed by atoms with E-state index in [2.05, 4.69) is 11.4 Å². The van der Waals surface area contributed by atoms with Crippen molar-refractivity contribution in [1.82, 2.24) is 10.2 Å². The van der Waals surface area contributed by atoms with Gasteiger partial charge in [-0.15, -0.1) is 0 Å².